The molecule has 15 heavy (non-hydrogen) atoms. The molecule has 2 heteroatoms. The van der Waals surface area contributed by atoms with Gasteiger partial charge >= 0.3 is 0 Å². The minimum Gasteiger partial charge on any atom is -0.294 e. The van der Waals surface area contributed by atoms with Crippen molar-refractivity contribution in [2.24, 2.45) is 0 Å². The van der Waals surface area contributed by atoms with Gasteiger partial charge in [-0.3, -0.25) is 9.59 Å². The first-order valence-corrected chi connectivity index (χ1v) is 4.85. The van der Waals surface area contributed by atoms with Crippen molar-refractivity contribution in [3.05, 3.63) is 58.7 Å². The maximum atomic E-state index is 11.7. The highest BCUT2D eigenvalue weighted by atomic mass is 16.1. The summed E-state index contributed by atoms with van der Waals surface area (Å²) in [5.74, 6) is 0.112. The van der Waals surface area contributed by atoms with Gasteiger partial charge in [0.2, 0.25) is 0 Å². The monoisotopic (exact) mass is 196 g/mol. The second kappa shape index (κ2) is 2.76. The van der Waals surface area contributed by atoms with E-state index in [0.29, 0.717) is 17.6 Å². The molecule has 0 saturated heterocycles. The van der Waals surface area contributed by atoms with Crippen LogP contribution in [0.3, 0.4) is 0 Å². The summed E-state index contributed by atoms with van der Waals surface area (Å²) in [5, 5.41) is 0. The number of hydrogen-bond acceptors (Lipinski definition) is 2. The summed E-state index contributed by atoms with van der Waals surface area (Å²) >= 11 is 0. The topological polar surface area (TPSA) is 34.1 Å². The maximum Gasteiger partial charge on any atom is 0.186 e. The number of Topliss-reactive ketones (excluding diaryl/α,β-unsaturated/α-hetero) is 1. The van der Waals surface area contributed by atoms with Crippen molar-refractivity contribution in [2.75, 3.05) is 0 Å². The Balaban J connectivity index is 2.30. The van der Waals surface area contributed by atoms with Gasteiger partial charge in [0.1, 0.15) is 0 Å². The van der Waals surface area contributed by atoms with Crippen molar-refractivity contribution in [2.45, 2.75) is 6.42 Å². The normalized spacial score (nSPS) is 22.7. The van der Waals surface area contributed by atoms with Crippen molar-refractivity contribution in [3.63, 3.8) is 0 Å². The summed E-state index contributed by atoms with van der Waals surface area (Å²) in [6.45, 7) is 0. The molecule has 0 saturated carbocycles. The highest BCUT2D eigenvalue weighted by Gasteiger charge is 2.31. The molecule has 0 aromatic rings. The van der Waals surface area contributed by atoms with Crippen LogP contribution in [0.25, 0.3) is 0 Å². The van der Waals surface area contributed by atoms with Gasteiger partial charge < -0.3 is 0 Å². The molecule has 0 heterocycles. The zero-order chi connectivity index (χ0) is 10.4. The first kappa shape index (κ1) is 8.36. The molecule has 3 aliphatic carbocycles. The van der Waals surface area contributed by atoms with Crippen LogP contribution in [0.2, 0.25) is 0 Å². The Morgan fingerprint density at radius 1 is 1.00 bits per heavy atom. The van der Waals surface area contributed by atoms with E-state index in [4.69, 9.17) is 0 Å². The molecule has 3 rings (SSSR count). The molecular weight excluding hydrogens is 188 g/mol. The van der Waals surface area contributed by atoms with Crippen molar-refractivity contribution in [3.8, 4) is 0 Å². The van der Waals surface area contributed by atoms with Crippen molar-refractivity contribution < 1.29 is 9.59 Å². The predicted octanol–water partition coefficient (Wildman–Crippen LogP) is 1.82. The van der Waals surface area contributed by atoms with E-state index >= 15 is 0 Å². The van der Waals surface area contributed by atoms with Crippen LogP contribution >= 0.6 is 0 Å². The Kier molecular flexibility index (Phi) is 1.54. The van der Waals surface area contributed by atoms with Crippen molar-refractivity contribution in [1.82, 2.24) is 0 Å². The largest absolute Gasteiger partial charge is 0.294 e. The highest BCUT2D eigenvalue weighted by molar-refractivity contribution is 6.17. The summed E-state index contributed by atoms with van der Waals surface area (Å²) < 4.78 is 0. The molecule has 3 aliphatic rings. The first-order valence-electron chi connectivity index (χ1n) is 4.85. The van der Waals surface area contributed by atoms with Gasteiger partial charge in [0.15, 0.2) is 11.6 Å². The number of allylic oxidation sites excluding steroid dienone is 10. The Morgan fingerprint density at radius 2 is 1.80 bits per heavy atom. The molecular formula is C13H8O2. The van der Waals surface area contributed by atoms with E-state index in [1.807, 2.05) is 18.2 Å². The average molecular weight is 196 g/mol. The lowest BCUT2D eigenvalue weighted by Crippen LogP contribution is -2.19. The van der Waals surface area contributed by atoms with Gasteiger partial charge in [0, 0.05) is 17.6 Å². The number of carbonyl (C=O) groups is 2. The minimum atomic E-state index is 0.00690. The van der Waals surface area contributed by atoms with Gasteiger partial charge in [-0.1, -0.05) is 30.4 Å². The van der Waals surface area contributed by atoms with Gasteiger partial charge in [0.25, 0.3) is 0 Å². The van der Waals surface area contributed by atoms with E-state index < -0.39 is 0 Å². The fraction of sp³-hybridized carbons (Fsp3) is 0.0769. The van der Waals surface area contributed by atoms with Crippen LogP contribution in [0, 0.1) is 0 Å². The lowest BCUT2D eigenvalue weighted by Gasteiger charge is -2.21. The van der Waals surface area contributed by atoms with Crippen LogP contribution in [0.5, 0.6) is 0 Å². The van der Waals surface area contributed by atoms with Crippen LogP contribution in [-0.2, 0) is 9.59 Å². The van der Waals surface area contributed by atoms with E-state index in [2.05, 4.69) is 0 Å². The summed E-state index contributed by atoms with van der Waals surface area (Å²) in [4.78, 5) is 23.4. The molecule has 72 valence electrons. The molecule has 0 aromatic carbocycles. The fourth-order valence-electron chi connectivity index (χ4n) is 2.18. The molecule has 0 unspecified atom stereocenters. The molecule has 0 radical (unpaired) electrons. The number of rotatable bonds is 0. The molecule has 0 aromatic heterocycles. The fourth-order valence-corrected chi connectivity index (χ4v) is 2.18. The van der Waals surface area contributed by atoms with E-state index in [-0.39, 0.29) is 11.6 Å². The third kappa shape index (κ3) is 1.05. The zero-order valence-corrected chi connectivity index (χ0v) is 7.99. The van der Waals surface area contributed by atoms with Crippen LogP contribution in [-0.4, -0.2) is 11.6 Å². The highest BCUT2D eigenvalue weighted by Crippen LogP contribution is 2.36. The summed E-state index contributed by atoms with van der Waals surface area (Å²) in [6.07, 6.45) is 10.9. The number of carbonyl (C=O) groups excluding carboxylic acids is 2. The van der Waals surface area contributed by atoms with E-state index in [9.17, 15) is 9.59 Å². The smallest absolute Gasteiger partial charge is 0.186 e. The second-order valence-electron chi connectivity index (χ2n) is 3.74. The van der Waals surface area contributed by atoms with Gasteiger partial charge in [-0.2, -0.15) is 0 Å². The molecule has 0 amide bonds. The lowest BCUT2D eigenvalue weighted by molar-refractivity contribution is -0.114. The molecule has 0 N–H and O–H groups in total. The molecule has 0 spiro atoms. The van der Waals surface area contributed by atoms with Gasteiger partial charge in [-0.05, 0) is 17.2 Å². The first-order chi connectivity index (χ1) is 7.27. The van der Waals surface area contributed by atoms with Crippen molar-refractivity contribution in [1.29, 1.82) is 0 Å². The molecule has 0 fully saturated rings. The van der Waals surface area contributed by atoms with Crippen LogP contribution in [0.15, 0.2) is 58.7 Å². The summed E-state index contributed by atoms with van der Waals surface area (Å²) in [5.41, 5.74) is 3.04. The van der Waals surface area contributed by atoms with Gasteiger partial charge in [-0.15, -0.1) is 0 Å². The van der Waals surface area contributed by atoms with Crippen LogP contribution < -0.4 is 0 Å². The van der Waals surface area contributed by atoms with E-state index in [1.165, 1.54) is 0 Å². The van der Waals surface area contributed by atoms with Gasteiger partial charge in [-0.25, -0.2) is 0 Å². The van der Waals surface area contributed by atoms with Crippen LogP contribution in [0.4, 0.5) is 0 Å². The predicted molar refractivity (Wildman–Crippen MR) is 56.1 cm³/mol. The number of fused-ring (bicyclic) bond motifs is 2. The minimum absolute atomic E-state index is 0.00690. The maximum absolute atomic E-state index is 11.7. The Bertz CT molecular complexity index is 537. The average Bonchev–Trinajstić information content (AvgIpc) is 2.66. The summed E-state index contributed by atoms with van der Waals surface area (Å²) in [7, 11) is 0. The Hall–Kier alpha value is -1.96. The Morgan fingerprint density at radius 3 is 2.67 bits per heavy atom. The Labute approximate surface area is 87.0 Å². The second-order valence-corrected chi connectivity index (χ2v) is 3.74. The summed E-state index contributed by atoms with van der Waals surface area (Å²) in [6, 6.07) is 0. The lowest BCUT2D eigenvalue weighted by atomic mass is 9.80. The quantitative estimate of drug-likeness (QED) is 0.592. The molecule has 0 aliphatic heterocycles. The van der Waals surface area contributed by atoms with E-state index in [1.54, 1.807) is 18.2 Å². The van der Waals surface area contributed by atoms with Gasteiger partial charge in [0.05, 0.1) is 0 Å². The standard InChI is InChI=1S/C13H8O2/c14-11-6-1-3-8-7-12(15)9-4-2-5-10(9)13(8)11/h1-6H,7H2. The third-order valence-electron chi connectivity index (χ3n) is 2.85. The van der Waals surface area contributed by atoms with E-state index in [0.717, 1.165) is 11.1 Å². The van der Waals surface area contributed by atoms with Crippen molar-refractivity contribution >= 4 is 11.6 Å². The molecule has 0 atom stereocenters. The number of ketones is 2. The number of hydrogen-bond donors (Lipinski definition) is 0. The third-order valence-corrected chi connectivity index (χ3v) is 2.85. The van der Waals surface area contributed by atoms with Crippen LogP contribution in [0.1, 0.15) is 6.42 Å². The molecule has 0 bridgehead atoms. The SMILES string of the molecule is O=C1C=CC=C2CC(=O)C3=CC=CC3=C12. The molecule has 2 nitrogen and oxygen atoms in total. The zero-order valence-electron chi connectivity index (χ0n) is 7.99.